The van der Waals surface area contributed by atoms with E-state index in [2.05, 4.69) is 27.4 Å². The molecule has 3 N–H and O–H groups in total. The minimum Gasteiger partial charge on any atom is -0.478 e. The first-order chi connectivity index (χ1) is 15.9. The molecule has 0 aliphatic carbocycles. The Hall–Kier alpha value is -3.10. The smallest absolute Gasteiger partial charge is 0.335 e. The van der Waals surface area contributed by atoms with Crippen LogP contribution < -0.4 is 15.5 Å². The molecule has 0 unspecified atom stereocenters. The lowest BCUT2D eigenvalue weighted by Gasteiger charge is -2.36. The Balaban J connectivity index is 1.70. The molecule has 0 radical (unpaired) electrons. The summed E-state index contributed by atoms with van der Waals surface area (Å²) >= 11 is 6.15. The number of benzene rings is 2. The number of rotatable bonds is 9. The van der Waals surface area contributed by atoms with E-state index in [1.807, 2.05) is 0 Å². The van der Waals surface area contributed by atoms with Crippen LogP contribution in [0, 0.1) is 0 Å². The molecule has 1 aliphatic heterocycles. The van der Waals surface area contributed by atoms with Gasteiger partial charge < -0.3 is 20.6 Å². The second kappa shape index (κ2) is 11.7. The van der Waals surface area contributed by atoms with Crippen molar-refractivity contribution < 1.29 is 19.5 Å². The fourth-order valence-corrected chi connectivity index (χ4v) is 3.91. The number of piperazine rings is 1. The molecule has 3 rings (SSSR count). The van der Waals surface area contributed by atoms with Crippen LogP contribution in [0.15, 0.2) is 42.5 Å². The first-order valence-corrected chi connectivity index (χ1v) is 11.4. The van der Waals surface area contributed by atoms with E-state index < -0.39 is 11.9 Å². The Morgan fingerprint density at radius 1 is 1.06 bits per heavy atom. The van der Waals surface area contributed by atoms with Crippen molar-refractivity contribution in [3.8, 4) is 0 Å². The molecule has 1 fully saturated rings. The van der Waals surface area contributed by atoms with E-state index in [-0.39, 0.29) is 11.5 Å². The minimum atomic E-state index is -1.08. The minimum absolute atomic E-state index is 0.0235. The van der Waals surface area contributed by atoms with Crippen molar-refractivity contribution in [3.05, 3.63) is 58.6 Å². The van der Waals surface area contributed by atoms with Crippen molar-refractivity contribution in [3.63, 3.8) is 0 Å². The van der Waals surface area contributed by atoms with Gasteiger partial charge in [-0.05, 0) is 36.8 Å². The third-order valence-electron chi connectivity index (χ3n) is 5.54. The third-order valence-corrected chi connectivity index (χ3v) is 5.87. The summed E-state index contributed by atoms with van der Waals surface area (Å²) in [5.41, 5.74) is 1.53. The molecule has 33 heavy (non-hydrogen) atoms. The zero-order chi connectivity index (χ0) is 23.8. The van der Waals surface area contributed by atoms with Gasteiger partial charge in [-0.15, -0.1) is 0 Å². The zero-order valence-electron chi connectivity index (χ0n) is 18.6. The van der Waals surface area contributed by atoms with Crippen LogP contribution in [0.25, 0.3) is 0 Å². The van der Waals surface area contributed by atoms with Crippen LogP contribution in [0.5, 0.6) is 0 Å². The van der Waals surface area contributed by atoms with Crippen LogP contribution in [0.3, 0.4) is 0 Å². The molecule has 1 heterocycles. The van der Waals surface area contributed by atoms with Gasteiger partial charge in [0, 0.05) is 32.7 Å². The van der Waals surface area contributed by atoms with Gasteiger partial charge in [0.15, 0.2) is 0 Å². The number of anilines is 2. The Labute approximate surface area is 198 Å². The Bertz CT molecular complexity index is 1010. The maximum Gasteiger partial charge on any atom is 0.335 e. The van der Waals surface area contributed by atoms with Gasteiger partial charge in [-0.1, -0.05) is 37.1 Å². The highest BCUT2D eigenvalue weighted by atomic mass is 35.5. The van der Waals surface area contributed by atoms with Crippen molar-refractivity contribution in [2.75, 3.05) is 49.5 Å². The molecule has 1 saturated heterocycles. The van der Waals surface area contributed by atoms with Gasteiger partial charge in [0.25, 0.3) is 5.91 Å². The third kappa shape index (κ3) is 6.69. The molecule has 2 aromatic carbocycles. The topological polar surface area (TPSA) is 102 Å². The SMILES string of the molecule is CCCCNC(=O)CN1CCN(c2ccc(C(=O)O)cc2NC(=O)c2ccccc2Cl)CC1. The number of hydrogen-bond donors (Lipinski definition) is 3. The van der Waals surface area contributed by atoms with Gasteiger partial charge in [-0.25, -0.2) is 4.79 Å². The molecule has 1 aliphatic rings. The van der Waals surface area contributed by atoms with E-state index in [0.29, 0.717) is 55.5 Å². The number of amides is 2. The van der Waals surface area contributed by atoms with E-state index in [1.165, 1.54) is 12.1 Å². The van der Waals surface area contributed by atoms with Crippen LogP contribution in [0.2, 0.25) is 5.02 Å². The first-order valence-electron chi connectivity index (χ1n) is 11.1. The van der Waals surface area contributed by atoms with Gasteiger partial charge in [0.1, 0.15) is 0 Å². The van der Waals surface area contributed by atoms with Crippen molar-refractivity contribution in [2.24, 2.45) is 0 Å². The summed E-state index contributed by atoms with van der Waals surface area (Å²) in [6, 6.07) is 11.4. The molecule has 0 spiro atoms. The average molecular weight is 473 g/mol. The van der Waals surface area contributed by atoms with Crippen molar-refractivity contribution >= 4 is 40.8 Å². The Morgan fingerprint density at radius 2 is 1.79 bits per heavy atom. The Morgan fingerprint density at radius 3 is 2.45 bits per heavy atom. The summed E-state index contributed by atoms with van der Waals surface area (Å²) in [6.45, 7) is 5.78. The highest BCUT2D eigenvalue weighted by Gasteiger charge is 2.23. The standard InChI is InChI=1S/C24H29ClN4O4/c1-2-3-10-26-22(30)16-28-11-13-29(14-12-28)21-9-8-17(24(32)33)15-20(21)27-23(31)18-6-4-5-7-19(18)25/h4-9,15H,2-3,10-14,16H2,1H3,(H,26,30)(H,27,31)(H,32,33). The Kier molecular flexibility index (Phi) is 8.68. The summed E-state index contributed by atoms with van der Waals surface area (Å²) in [6.07, 6.45) is 2.00. The lowest BCUT2D eigenvalue weighted by atomic mass is 10.1. The number of carboxylic acids is 1. The molecule has 0 saturated carbocycles. The molecule has 8 nitrogen and oxygen atoms in total. The molecule has 9 heteroatoms. The predicted octanol–water partition coefficient (Wildman–Crippen LogP) is 3.33. The summed E-state index contributed by atoms with van der Waals surface area (Å²) < 4.78 is 0. The average Bonchev–Trinajstić information content (AvgIpc) is 2.80. The van der Waals surface area contributed by atoms with Gasteiger partial charge in [0.05, 0.1) is 34.1 Å². The van der Waals surface area contributed by atoms with Crippen molar-refractivity contribution in [1.82, 2.24) is 10.2 Å². The van der Waals surface area contributed by atoms with Crippen LogP contribution in [-0.2, 0) is 4.79 Å². The normalized spacial score (nSPS) is 14.1. The largest absolute Gasteiger partial charge is 0.478 e. The van der Waals surface area contributed by atoms with Crippen LogP contribution in [0.4, 0.5) is 11.4 Å². The highest BCUT2D eigenvalue weighted by molar-refractivity contribution is 6.34. The van der Waals surface area contributed by atoms with Gasteiger partial charge >= 0.3 is 5.97 Å². The molecule has 176 valence electrons. The number of nitrogens with one attached hydrogen (secondary N) is 2. The molecular weight excluding hydrogens is 444 g/mol. The lowest BCUT2D eigenvalue weighted by molar-refractivity contribution is -0.122. The van der Waals surface area contributed by atoms with Crippen LogP contribution >= 0.6 is 11.6 Å². The number of nitrogens with zero attached hydrogens (tertiary/aromatic N) is 2. The second-order valence-corrected chi connectivity index (χ2v) is 8.34. The summed E-state index contributed by atoms with van der Waals surface area (Å²) in [4.78, 5) is 40.6. The number of carbonyl (C=O) groups is 3. The maximum absolute atomic E-state index is 12.8. The second-order valence-electron chi connectivity index (χ2n) is 7.94. The van der Waals surface area contributed by atoms with Crippen molar-refractivity contribution in [1.29, 1.82) is 0 Å². The van der Waals surface area contributed by atoms with Crippen LogP contribution in [0.1, 0.15) is 40.5 Å². The van der Waals surface area contributed by atoms with Gasteiger partial charge in [-0.3, -0.25) is 14.5 Å². The number of aromatic carboxylic acids is 1. The number of unbranched alkanes of at least 4 members (excludes halogenated alkanes) is 1. The maximum atomic E-state index is 12.8. The van der Waals surface area contributed by atoms with E-state index in [9.17, 15) is 19.5 Å². The van der Waals surface area contributed by atoms with Crippen LogP contribution in [-0.4, -0.2) is 67.1 Å². The zero-order valence-corrected chi connectivity index (χ0v) is 19.4. The molecular formula is C24H29ClN4O4. The van der Waals surface area contributed by atoms with E-state index in [4.69, 9.17) is 11.6 Å². The van der Waals surface area contributed by atoms with E-state index in [1.54, 1.807) is 30.3 Å². The predicted molar refractivity (Wildman–Crippen MR) is 129 cm³/mol. The molecule has 0 aromatic heterocycles. The fourth-order valence-electron chi connectivity index (χ4n) is 3.69. The van der Waals surface area contributed by atoms with Gasteiger partial charge in [0.2, 0.25) is 5.91 Å². The molecule has 2 aromatic rings. The first kappa shape index (κ1) is 24.5. The molecule has 2 amide bonds. The van der Waals surface area contributed by atoms with Crippen molar-refractivity contribution in [2.45, 2.75) is 19.8 Å². The van der Waals surface area contributed by atoms with E-state index in [0.717, 1.165) is 18.5 Å². The number of halogens is 1. The van der Waals surface area contributed by atoms with E-state index >= 15 is 0 Å². The lowest BCUT2D eigenvalue weighted by Crippen LogP contribution is -2.49. The van der Waals surface area contributed by atoms with Gasteiger partial charge in [-0.2, -0.15) is 0 Å². The quantitative estimate of drug-likeness (QED) is 0.484. The summed E-state index contributed by atoms with van der Waals surface area (Å²) in [5, 5.41) is 15.5. The molecule has 0 atom stereocenters. The monoisotopic (exact) mass is 472 g/mol. The fraction of sp³-hybridized carbons (Fsp3) is 0.375. The highest BCUT2D eigenvalue weighted by Crippen LogP contribution is 2.29. The summed E-state index contributed by atoms with van der Waals surface area (Å²) in [5.74, 6) is -1.46. The number of hydrogen-bond acceptors (Lipinski definition) is 5. The molecule has 0 bridgehead atoms. The number of carboxylic acid groups (broad SMARTS) is 1. The number of carbonyl (C=O) groups excluding carboxylic acids is 2. The summed E-state index contributed by atoms with van der Waals surface area (Å²) in [7, 11) is 0.